The van der Waals surface area contributed by atoms with Gasteiger partial charge in [-0.3, -0.25) is 4.57 Å². The maximum Gasteiger partial charge on any atom is 0.173 e. The first kappa shape index (κ1) is 29.3. The van der Waals surface area contributed by atoms with Crippen LogP contribution in [0.4, 0.5) is 4.39 Å². The van der Waals surface area contributed by atoms with Gasteiger partial charge in [0.05, 0.1) is 32.2 Å². The van der Waals surface area contributed by atoms with Crippen LogP contribution in [0.3, 0.4) is 0 Å². The normalized spacial score (nSPS) is 11.5. The highest BCUT2D eigenvalue weighted by atomic mass is 32.2. The smallest absolute Gasteiger partial charge is 0.173 e. The molecule has 0 atom stereocenters. The molecule has 0 saturated carbocycles. The summed E-state index contributed by atoms with van der Waals surface area (Å²) >= 11 is 1.60. The molecule has 0 saturated heterocycles. The second-order valence-electron chi connectivity index (χ2n) is 10.4. The van der Waals surface area contributed by atoms with E-state index in [4.69, 9.17) is 19.2 Å². The van der Waals surface area contributed by atoms with Gasteiger partial charge in [-0.2, -0.15) is 0 Å². The number of hydrogen-bond donors (Lipinski definition) is 0. The van der Waals surface area contributed by atoms with E-state index in [2.05, 4.69) is 23.4 Å². The Bertz CT molecular complexity index is 1660. The second-order valence-corrected chi connectivity index (χ2v) is 11.4. The Hall–Kier alpha value is -4.24. The third-order valence-electron chi connectivity index (χ3n) is 7.33. The van der Waals surface area contributed by atoms with Crippen molar-refractivity contribution in [1.82, 2.24) is 19.1 Å². The fourth-order valence-corrected chi connectivity index (χ4v) is 6.05. The lowest BCUT2D eigenvalue weighted by atomic mass is 9.80. The van der Waals surface area contributed by atoms with E-state index < -0.39 is 5.41 Å². The summed E-state index contributed by atoms with van der Waals surface area (Å²) in [4.78, 5) is 9.27. The van der Waals surface area contributed by atoms with Crippen molar-refractivity contribution in [2.24, 2.45) is 0 Å². The maximum atomic E-state index is 13.9. The molecular weight excluding hydrogens is 551 g/mol. The van der Waals surface area contributed by atoms with Crippen LogP contribution in [0.15, 0.2) is 84.3 Å². The molecule has 0 bridgehead atoms. The van der Waals surface area contributed by atoms with Gasteiger partial charge in [0.2, 0.25) is 0 Å². The van der Waals surface area contributed by atoms with Crippen LogP contribution >= 0.6 is 11.8 Å². The van der Waals surface area contributed by atoms with Crippen molar-refractivity contribution in [3.05, 3.63) is 108 Å². The van der Waals surface area contributed by atoms with Gasteiger partial charge in [0.1, 0.15) is 17.4 Å². The van der Waals surface area contributed by atoms with E-state index in [-0.39, 0.29) is 5.82 Å². The van der Waals surface area contributed by atoms with Crippen molar-refractivity contribution in [3.63, 3.8) is 0 Å². The first-order valence-electron chi connectivity index (χ1n) is 13.7. The minimum absolute atomic E-state index is 0.284. The standard InChI is InChI=1S/C33H35FN4O3S/c1-22-31(33(3,4)24-7-16-29(39-5)30(21-24)40-6)38(27-10-8-25(34)9-11-27)32(36-22)42-20-19-41-28-14-12-26(13-15-28)37-18-17-35-23(37)2/h7-18,21H,19-20H2,1-6H3. The average molecular weight is 587 g/mol. The molecule has 0 fully saturated rings. The number of rotatable bonds is 11. The van der Waals surface area contributed by atoms with Crippen LogP contribution in [-0.2, 0) is 5.41 Å². The molecule has 7 nitrogen and oxygen atoms in total. The zero-order valence-corrected chi connectivity index (χ0v) is 25.5. The SMILES string of the molecule is COc1ccc(C(C)(C)c2c(C)nc(SCCOc3ccc(-n4ccnc4C)cc3)n2-c2ccc(F)cc2)cc1OC. The molecule has 0 amide bonds. The first-order chi connectivity index (χ1) is 20.2. The first-order valence-corrected chi connectivity index (χ1v) is 14.7. The van der Waals surface area contributed by atoms with Crippen molar-refractivity contribution in [3.8, 4) is 28.6 Å². The van der Waals surface area contributed by atoms with E-state index in [9.17, 15) is 4.39 Å². The largest absolute Gasteiger partial charge is 0.493 e. The lowest BCUT2D eigenvalue weighted by Gasteiger charge is -2.29. The van der Waals surface area contributed by atoms with Crippen molar-refractivity contribution in [2.75, 3.05) is 26.6 Å². The Morgan fingerprint density at radius 3 is 2.21 bits per heavy atom. The Morgan fingerprint density at radius 2 is 1.57 bits per heavy atom. The van der Waals surface area contributed by atoms with Crippen LogP contribution in [0.25, 0.3) is 11.4 Å². The Morgan fingerprint density at radius 1 is 0.881 bits per heavy atom. The predicted molar refractivity (Wildman–Crippen MR) is 164 cm³/mol. The van der Waals surface area contributed by atoms with Gasteiger partial charge < -0.3 is 18.8 Å². The molecule has 3 aromatic carbocycles. The Kier molecular flexibility index (Phi) is 8.59. The van der Waals surface area contributed by atoms with E-state index in [0.717, 1.165) is 45.1 Å². The van der Waals surface area contributed by atoms with Gasteiger partial charge in [0.25, 0.3) is 0 Å². The van der Waals surface area contributed by atoms with Crippen LogP contribution < -0.4 is 14.2 Å². The topological polar surface area (TPSA) is 63.3 Å². The molecular formula is C33H35FN4O3S. The summed E-state index contributed by atoms with van der Waals surface area (Å²) in [6, 6.07) is 20.5. The predicted octanol–water partition coefficient (Wildman–Crippen LogP) is 7.33. The molecule has 0 unspecified atom stereocenters. The number of benzene rings is 3. The van der Waals surface area contributed by atoms with Gasteiger partial charge in [-0.25, -0.2) is 14.4 Å². The van der Waals surface area contributed by atoms with Gasteiger partial charge in [0.15, 0.2) is 16.7 Å². The number of halogens is 1. The third-order valence-corrected chi connectivity index (χ3v) is 8.23. The summed E-state index contributed by atoms with van der Waals surface area (Å²) in [5.74, 6) is 3.45. The summed E-state index contributed by atoms with van der Waals surface area (Å²) in [5, 5.41) is 0.817. The summed E-state index contributed by atoms with van der Waals surface area (Å²) < 4.78 is 35.2. The highest BCUT2D eigenvalue weighted by Crippen LogP contribution is 2.41. The number of methoxy groups -OCH3 is 2. The molecule has 9 heteroatoms. The molecule has 2 aromatic heterocycles. The Labute approximate surface area is 250 Å². The van der Waals surface area contributed by atoms with Crippen LogP contribution in [0.2, 0.25) is 0 Å². The van der Waals surface area contributed by atoms with Gasteiger partial charge >= 0.3 is 0 Å². The summed E-state index contributed by atoms with van der Waals surface area (Å²) in [7, 11) is 3.26. The molecule has 0 aliphatic heterocycles. The maximum absolute atomic E-state index is 13.9. The van der Waals surface area contributed by atoms with Gasteiger partial charge in [0, 0.05) is 34.9 Å². The van der Waals surface area contributed by atoms with E-state index in [0.29, 0.717) is 23.9 Å². The number of aromatic nitrogens is 4. The number of ether oxygens (including phenoxy) is 3. The summed E-state index contributed by atoms with van der Waals surface area (Å²) in [5.41, 5.74) is 4.36. The molecule has 0 aliphatic carbocycles. The number of imidazole rings is 2. The quantitative estimate of drug-likeness (QED) is 0.119. The van der Waals surface area contributed by atoms with E-state index in [1.54, 1.807) is 44.3 Å². The lowest BCUT2D eigenvalue weighted by molar-refractivity contribution is 0.344. The van der Waals surface area contributed by atoms with Gasteiger partial charge in [-0.15, -0.1) is 0 Å². The zero-order chi connectivity index (χ0) is 29.9. The molecule has 0 radical (unpaired) electrons. The number of aryl methyl sites for hydroxylation is 2. The molecule has 5 aromatic rings. The van der Waals surface area contributed by atoms with Crippen molar-refractivity contribution >= 4 is 11.8 Å². The minimum Gasteiger partial charge on any atom is -0.493 e. The van der Waals surface area contributed by atoms with E-state index in [1.165, 1.54) is 12.1 Å². The molecule has 0 spiro atoms. The molecule has 5 rings (SSSR count). The van der Waals surface area contributed by atoms with Crippen LogP contribution in [0, 0.1) is 19.7 Å². The fourth-order valence-electron chi connectivity index (χ4n) is 5.17. The lowest BCUT2D eigenvalue weighted by Crippen LogP contribution is -2.24. The summed E-state index contributed by atoms with van der Waals surface area (Å²) in [6.45, 7) is 8.80. The fraction of sp³-hybridized carbons (Fsp3) is 0.273. The second kappa shape index (κ2) is 12.3. The number of nitrogens with zero attached hydrogens (tertiary/aromatic N) is 4. The molecule has 42 heavy (non-hydrogen) atoms. The van der Waals surface area contributed by atoms with E-state index in [1.807, 2.05) is 67.1 Å². The van der Waals surface area contributed by atoms with Crippen LogP contribution in [0.1, 0.15) is 36.6 Å². The van der Waals surface area contributed by atoms with E-state index >= 15 is 0 Å². The Balaban J connectivity index is 1.39. The third kappa shape index (κ3) is 5.87. The molecule has 0 aliphatic rings. The monoisotopic (exact) mass is 586 g/mol. The number of hydrogen-bond acceptors (Lipinski definition) is 6. The van der Waals surface area contributed by atoms with Crippen molar-refractivity contribution in [1.29, 1.82) is 0 Å². The molecule has 0 N–H and O–H groups in total. The van der Waals surface area contributed by atoms with Crippen molar-refractivity contribution < 1.29 is 18.6 Å². The average Bonchev–Trinajstić information content (AvgIpc) is 3.58. The highest BCUT2D eigenvalue weighted by molar-refractivity contribution is 7.99. The van der Waals surface area contributed by atoms with Crippen LogP contribution in [0.5, 0.6) is 17.2 Å². The molecule has 2 heterocycles. The van der Waals surface area contributed by atoms with Gasteiger partial charge in [-0.05, 0) is 80.1 Å². The highest BCUT2D eigenvalue weighted by Gasteiger charge is 2.32. The molecule has 218 valence electrons. The number of thioether (sulfide) groups is 1. The minimum atomic E-state index is -0.463. The van der Waals surface area contributed by atoms with Crippen LogP contribution in [-0.4, -0.2) is 45.7 Å². The van der Waals surface area contributed by atoms with Gasteiger partial charge in [-0.1, -0.05) is 31.7 Å². The zero-order valence-electron chi connectivity index (χ0n) is 24.7. The van der Waals surface area contributed by atoms with Crippen molar-refractivity contribution in [2.45, 2.75) is 38.3 Å². The summed E-state index contributed by atoms with van der Waals surface area (Å²) in [6.07, 6.45) is 3.72.